The van der Waals surface area contributed by atoms with Crippen LogP contribution in [0.4, 0.5) is 0 Å². The molecule has 1 aliphatic heterocycles. The topological polar surface area (TPSA) is 47.0 Å². The van der Waals surface area contributed by atoms with Crippen molar-refractivity contribution in [3.8, 4) is 0 Å². The Kier molecular flexibility index (Phi) is 4.05. The normalized spacial score (nSPS) is 20.7. The van der Waals surface area contributed by atoms with Crippen molar-refractivity contribution < 1.29 is 4.74 Å². The molecule has 1 fully saturated rings. The number of aromatic nitrogens is 2. The van der Waals surface area contributed by atoms with Crippen LogP contribution in [0.15, 0.2) is 18.5 Å². The van der Waals surface area contributed by atoms with Crippen LogP contribution < -0.4 is 5.32 Å². The Hall–Kier alpha value is -1.00. The molecule has 1 aromatic heterocycles. The van der Waals surface area contributed by atoms with E-state index in [-0.39, 0.29) is 0 Å². The molecular weight excluding hydrogens is 190 g/mol. The van der Waals surface area contributed by atoms with Gasteiger partial charge < -0.3 is 10.1 Å². The second-order valence-electron chi connectivity index (χ2n) is 3.86. The first kappa shape index (κ1) is 10.5. The molecule has 1 atom stereocenters. The maximum Gasteiger partial charge on any atom is 0.141 e. The van der Waals surface area contributed by atoms with Crippen LogP contribution in [-0.2, 0) is 11.3 Å². The lowest BCUT2D eigenvalue weighted by atomic mass is 10.1. The standard InChI is InChI=1S/C11H17N3O/c1-4-13-11(14-5-1)8-12-6-2-10-3-7-15-9-10/h1,4-5,10,12H,2-3,6-9H2. The quantitative estimate of drug-likeness (QED) is 0.731. The van der Waals surface area contributed by atoms with Gasteiger partial charge in [-0.25, -0.2) is 9.97 Å². The average molecular weight is 207 g/mol. The summed E-state index contributed by atoms with van der Waals surface area (Å²) in [5.41, 5.74) is 0. The van der Waals surface area contributed by atoms with E-state index in [0.29, 0.717) is 0 Å². The predicted octanol–water partition coefficient (Wildman–Crippen LogP) is 0.993. The molecule has 1 aromatic rings. The van der Waals surface area contributed by atoms with E-state index in [1.807, 2.05) is 6.07 Å². The van der Waals surface area contributed by atoms with Crippen LogP contribution in [0.25, 0.3) is 0 Å². The fourth-order valence-corrected chi connectivity index (χ4v) is 1.74. The average Bonchev–Trinajstić information content (AvgIpc) is 2.79. The van der Waals surface area contributed by atoms with Crippen LogP contribution in [0.3, 0.4) is 0 Å². The van der Waals surface area contributed by atoms with Gasteiger partial charge >= 0.3 is 0 Å². The predicted molar refractivity (Wildman–Crippen MR) is 57.3 cm³/mol. The number of hydrogen-bond acceptors (Lipinski definition) is 4. The van der Waals surface area contributed by atoms with Gasteiger partial charge in [-0.15, -0.1) is 0 Å². The van der Waals surface area contributed by atoms with Gasteiger partial charge in [-0.2, -0.15) is 0 Å². The van der Waals surface area contributed by atoms with Crippen LogP contribution in [-0.4, -0.2) is 29.7 Å². The molecular formula is C11H17N3O. The molecule has 4 heteroatoms. The molecule has 1 unspecified atom stereocenters. The number of nitrogens with one attached hydrogen (secondary N) is 1. The van der Waals surface area contributed by atoms with E-state index >= 15 is 0 Å². The van der Waals surface area contributed by atoms with E-state index in [0.717, 1.165) is 38.0 Å². The van der Waals surface area contributed by atoms with Gasteiger partial charge in [0, 0.05) is 25.6 Å². The van der Waals surface area contributed by atoms with Gasteiger partial charge in [0.25, 0.3) is 0 Å². The smallest absolute Gasteiger partial charge is 0.141 e. The van der Waals surface area contributed by atoms with E-state index in [4.69, 9.17) is 4.74 Å². The third-order valence-electron chi connectivity index (χ3n) is 2.66. The minimum absolute atomic E-state index is 0.745. The van der Waals surface area contributed by atoms with Gasteiger partial charge in [-0.05, 0) is 31.4 Å². The van der Waals surface area contributed by atoms with Gasteiger partial charge in [0.15, 0.2) is 0 Å². The minimum Gasteiger partial charge on any atom is -0.381 e. The summed E-state index contributed by atoms with van der Waals surface area (Å²) in [5, 5.41) is 3.35. The Balaban J connectivity index is 1.59. The molecule has 1 aliphatic rings. The Bertz CT molecular complexity index is 272. The SMILES string of the molecule is c1cnc(CNCCC2CCOC2)nc1. The largest absolute Gasteiger partial charge is 0.381 e. The zero-order chi connectivity index (χ0) is 10.3. The molecule has 0 bridgehead atoms. The Morgan fingerprint density at radius 1 is 1.40 bits per heavy atom. The summed E-state index contributed by atoms with van der Waals surface area (Å²) in [6.07, 6.45) is 5.94. The molecule has 0 amide bonds. The van der Waals surface area contributed by atoms with Crippen molar-refractivity contribution in [3.05, 3.63) is 24.3 Å². The lowest BCUT2D eigenvalue weighted by Gasteiger charge is -2.07. The van der Waals surface area contributed by atoms with E-state index < -0.39 is 0 Å². The highest BCUT2D eigenvalue weighted by Crippen LogP contribution is 2.15. The lowest BCUT2D eigenvalue weighted by Crippen LogP contribution is -2.19. The molecule has 4 nitrogen and oxygen atoms in total. The van der Waals surface area contributed by atoms with Crippen molar-refractivity contribution in [2.24, 2.45) is 5.92 Å². The van der Waals surface area contributed by atoms with Crippen LogP contribution >= 0.6 is 0 Å². The Morgan fingerprint density at radius 2 is 2.27 bits per heavy atom. The molecule has 0 saturated carbocycles. The van der Waals surface area contributed by atoms with Gasteiger partial charge in [0.1, 0.15) is 5.82 Å². The van der Waals surface area contributed by atoms with E-state index in [1.165, 1.54) is 12.8 Å². The van der Waals surface area contributed by atoms with Crippen LogP contribution in [0, 0.1) is 5.92 Å². The van der Waals surface area contributed by atoms with E-state index in [2.05, 4.69) is 15.3 Å². The van der Waals surface area contributed by atoms with Gasteiger partial charge in [0.2, 0.25) is 0 Å². The first-order valence-corrected chi connectivity index (χ1v) is 5.49. The summed E-state index contributed by atoms with van der Waals surface area (Å²) in [4.78, 5) is 8.30. The van der Waals surface area contributed by atoms with Gasteiger partial charge in [0.05, 0.1) is 6.54 Å². The van der Waals surface area contributed by atoms with Crippen molar-refractivity contribution in [2.75, 3.05) is 19.8 Å². The molecule has 2 rings (SSSR count). The summed E-state index contributed by atoms with van der Waals surface area (Å²) in [6.45, 7) is 3.65. The lowest BCUT2D eigenvalue weighted by molar-refractivity contribution is 0.184. The summed E-state index contributed by atoms with van der Waals surface area (Å²) in [5.74, 6) is 1.61. The molecule has 1 N–H and O–H groups in total. The third kappa shape index (κ3) is 3.57. The molecule has 0 spiro atoms. The van der Waals surface area contributed by atoms with Crippen molar-refractivity contribution in [1.82, 2.24) is 15.3 Å². The van der Waals surface area contributed by atoms with Gasteiger partial charge in [-0.3, -0.25) is 0 Å². The first-order valence-electron chi connectivity index (χ1n) is 5.49. The van der Waals surface area contributed by atoms with Crippen molar-refractivity contribution in [1.29, 1.82) is 0 Å². The molecule has 15 heavy (non-hydrogen) atoms. The van der Waals surface area contributed by atoms with Gasteiger partial charge in [-0.1, -0.05) is 0 Å². The molecule has 2 heterocycles. The van der Waals surface area contributed by atoms with E-state index in [1.54, 1.807) is 12.4 Å². The number of rotatable bonds is 5. The number of ether oxygens (including phenoxy) is 1. The summed E-state index contributed by atoms with van der Waals surface area (Å²) >= 11 is 0. The Labute approximate surface area is 90.1 Å². The highest BCUT2D eigenvalue weighted by molar-refractivity contribution is 4.87. The maximum atomic E-state index is 5.32. The van der Waals surface area contributed by atoms with Crippen molar-refractivity contribution in [2.45, 2.75) is 19.4 Å². The summed E-state index contributed by atoms with van der Waals surface area (Å²) in [7, 11) is 0. The number of nitrogens with zero attached hydrogens (tertiary/aromatic N) is 2. The van der Waals surface area contributed by atoms with E-state index in [9.17, 15) is 0 Å². The maximum absolute atomic E-state index is 5.32. The molecule has 0 aliphatic carbocycles. The first-order chi connectivity index (χ1) is 7.45. The van der Waals surface area contributed by atoms with Crippen LogP contribution in [0.1, 0.15) is 18.7 Å². The summed E-state index contributed by atoms with van der Waals surface area (Å²) < 4.78 is 5.32. The van der Waals surface area contributed by atoms with Crippen LogP contribution in [0.5, 0.6) is 0 Å². The fraction of sp³-hybridized carbons (Fsp3) is 0.636. The molecule has 1 saturated heterocycles. The monoisotopic (exact) mass is 207 g/mol. The zero-order valence-electron chi connectivity index (χ0n) is 8.85. The summed E-state index contributed by atoms with van der Waals surface area (Å²) in [6, 6.07) is 1.83. The van der Waals surface area contributed by atoms with Crippen molar-refractivity contribution >= 4 is 0 Å². The number of hydrogen-bond donors (Lipinski definition) is 1. The molecule has 0 aromatic carbocycles. The van der Waals surface area contributed by atoms with Crippen molar-refractivity contribution in [3.63, 3.8) is 0 Å². The highest BCUT2D eigenvalue weighted by Gasteiger charge is 2.14. The highest BCUT2D eigenvalue weighted by atomic mass is 16.5. The third-order valence-corrected chi connectivity index (χ3v) is 2.66. The van der Waals surface area contributed by atoms with Crippen LogP contribution in [0.2, 0.25) is 0 Å². The molecule has 0 radical (unpaired) electrons. The second-order valence-corrected chi connectivity index (χ2v) is 3.86. The zero-order valence-corrected chi connectivity index (χ0v) is 8.85. The minimum atomic E-state index is 0.745. The fourth-order valence-electron chi connectivity index (χ4n) is 1.74. The molecule has 82 valence electrons. The second kappa shape index (κ2) is 5.78. The Morgan fingerprint density at radius 3 is 3.00 bits per heavy atom.